The number of hydrogen-bond donors (Lipinski definition) is 1. The number of carbonyl (C=O) groups is 2. The number of amides is 1. The summed E-state index contributed by atoms with van der Waals surface area (Å²) in [5, 5.41) is 9.17. The number of carbonyl (C=O) groups excluding carboxylic acids is 1. The average molecular weight is 263 g/mol. The number of rotatable bonds is 3. The zero-order valence-electron chi connectivity index (χ0n) is 11.0. The topological polar surface area (TPSA) is 66.8 Å². The normalized spacial score (nSPS) is 22.3. The molecule has 0 aromatic heterocycles. The van der Waals surface area contributed by atoms with Crippen molar-refractivity contribution in [3.63, 3.8) is 0 Å². The van der Waals surface area contributed by atoms with Gasteiger partial charge in [0.25, 0.3) is 0 Å². The molecule has 5 nitrogen and oxygen atoms in total. The third-order valence-electron chi connectivity index (χ3n) is 3.53. The van der Waals surface area contributed by atoms with Crippen LogP contribution in [0.1, 0.15) is 31.4 Å². The van der Waals surface area contributed by atoms with Gasteiger partial charge in [-0.1, -0.05) is 12.1 Å². The fraction of sp³-hybridized carbons (Fsp3) is 0.429. The molecule has 19 heavy (non-hydrogen) atoms. The summed E-state index contributed by atoms with van der Waals surface area (Å²) in [6, 6.07) is 6.52. The maximum Gasteiger partial charge on any atom is 0.326 e. The van der Waals surface area contributed by atoms with Gasteiger partial charge in [0.05, 0.1) is 13.2 Å². The molecule has 1 aromatic carbocycles. The Bertz CT molecular complexity index is 483. The molecular formula is C14H17NO4. The van der Waals surface area contributed by atoms with Gasteiger partial charge in [-0.2, -0.15) is 0 Å². The molecule has 1 saturated heterocycles. The molecule has 1 aliphatic rings. The van der Waals surface area contributed by atoms with Crippen molar-refractivity contribution in [1.82, 2.24) is 4.90 Å². The minimum Gasteiger partial charge on any atom is -0.497 e. The van der Waals surface area contributed by atoms with E-state index in [0.717, 1.165) is 11.3 Å². The zero-order chi connectivity index (χ0) is 14.0. The maximum absolute atomic E-state index is 11.7. The number of hydrogen-bond acceptors (Lipinski definition) is 3. The number of benzene rings is 1. The molecule has 0 aliphatic carbocycles. The molecule has 1 heterocycles. The molecule has 0 radical (unpaired) electrons. The summed E-state index contributed by atoms with van der Waals surface area (Å²) < 4.78 is 5.09. The van der Waals surface area contributed by atoms with E-state index in [4.69, 9.17) is 9.84 Å². The fourth-order valence-corrected chi connectivity index (χ4v) is 2.65. The third kappa shape index (κ3) is 2.54. The molecule has 1 fully saturated rings. The van der Waals surface area contributed by atoms with Gasteiger partial charge in [0.2, 0.25) is 5.91 Å². The van der Waals surface area contributed by atoms with Gasteiger partial charge in [0.15, 0.2) is 0 Å². The summed E-state index contributed by atoms with van der Waals surface area (Å²) in [6.45, 7) is 1.41. The Morgan fingerprint density at radius 1 is 1.26 bits per heavy atom. The van der Waals surface area contributed by atoms with Crippen molar-refractivity contribution in [2.24, 2.45) is 0 Å². The Morgan fingerprint density at radius 3 is 2.37 bits per heavy atom. The number of nitrogens with zero attached hydrogens (tertiary/aromatic N) is 1. The molecule has 5 heteroatoms. The van der Waals surface area contributed by atoms with Gasteiger partial charge in [0, 0.05) is 6.92 Å². The lowest BCUT2D eigenvalue weighted by Gasteiger charge is -2.27. The largest absolute Gasteiger partial charge is 0.497 e. The predicted molar refractivity (Wildman–Crippen MR) is 68.9 cm³/mol. The third-order valence-corrected chi connectivity index (χ3v) is 3.53. The van der Waals surface area contributed by atoms with Gasteiger partial charge >= 0.3 is 5.97 Å². The van der Waals surface area contributed by atoms with E-state index in [9.17, 15) is 9.59 Å². The molecule has 1 aromatic rings. The molecule has 0 bridgehead atoms. The van der Waals surface area contributed by atoms with E-state index in [2.05, 4.69) is 0 Å². The summed E-state index contributed by atoms with van der Waals surface area (Å²) in [4.78, 5) is 24.3. The van der Waals surface area contributed by atoms with Crippen molar-refractivity contribution in [2.75, 3.05) is 7.11 Å². The number of carboxylic acid groups (broad SMARTS) is 1. The van der Waals surface area contributed by atoms with Gasteiger partial charge in [-0.25, -0.2) is 4.79 Å². The van der Waals surface area contributed by atoms with Crippen LogP contribution in [0, 0.1) is 0 Å². The van der Waals surface area contributed by atoms with Crippen LogP contribution in [0.4, 0.5) is 0 Å². The van der Waals surface area contributed by atoms with Crippen LogP contribution in [0.3, 0.4) is 0 Å². The van der Waals surface area contributed by atoms with Crippen molar-refractivity contribution in [1.29, 1.82) is 0 Å². The van der Waals surface area contributed by atoms with E-state index in [1.54, 1.807) is 7.11 Å². The van der Waals surface area contributed by atoms with Gasteiger partial charge < -0.3 is 14.7 Å². The Kier molecular flexibility index (Phi) is 3.74. The van der Waals surface area contributed by atoms with Crippen LogP contribution < -0.4 is 4.74 Å². The summed E-state index contributed by atoms with van der Waals surface area (Å²) in [7, 11) is 1.59. The molecule has 1 amide bonds. The Labute approximate surface area is 111 Å². The van der Waals surface area contributed by atoms with E-state index in [1.807, 2.05) is 24.3 Å². The maximum atomic E-state index is 11.7. The molecule has 2 atom stereocenters. The van der Waals surface area contributed by atoms with Gasteiger partial charge in [0.1, 0.15) is 11.8 Å². The molecule has 1 aliphatic heterocycles. The monoisotopic (exact) mass is 263 g/mol. The highest BCUT2D eigenvalue weighted by molar-refractivity contribution is 5.83. The highest BCUT2D eigenvalue weighted by atomic mass is 16.5. The summed E-state index contributed by atoms with van der Waals surface area (Å²) in [6.07, 6.45) is 1.16. The Hall–Kier alpha value is -2.04. The smallest absolute Gasteiger partial charge is 0.326 e. The lowest BCUT2D eigenvalue weighted by molar-refractivity contribution is -0.148. The number of methoxy groups -OCH3 is 1. The average Bonchev–Trinajstić information content (AvgIpc) is 2.83. The first-order valence-electron chi connectivity index (χ1n) is 6.20. The summed E-state index contributed by atoms with van der Waals surface area (Å²) in [5.74, 6) is -0.400. The van der Waals surface area contributed by atoms with Crippen molar-refractivity contribution < 1.29 is 19.4 Å². The van der Waals surface area contributed by atoms with Crippen molar-refractivity contribution in [2.45, 2.75) is 31.8 Å². The van der Waals surface area contributed by atoms with Crippen LogP contribution in [0.5, 0.6) is 5.75 Å². The number of likely N-dealkylation sites (tertiary alicyclic amines) is 1. The van der Waals surface area contributed by atoms with Gasteiger partial charge in [-0.05, 0) is 30.5 Å². The Balaban J connectivity index is 2.27. The Morgan fingerprint density at radius 2 is 1.89 bits per heavy atom. The fourth-order valence-electron chi connectivity index (χ4n) is 2.65. The first-order chi connectivity index (χ1) is 9.04. The van der Waals surface area contributed by atoms with E-state index < -0.39 is 12.0 Å². The second kappa shape index (κ2) is 5.30. The first kappa shape index (κ1) is 13.4. The van der Waals surface area contributed by atoms with E-state index in [1.165, 1.54) is 11.8 Å². The molecule has 0 unspecified atom stereocenters. The lowest BCUT2D eigenvalue weighted by atomic mass is 10.0. The van der Waals surface area contributed by atoms with Crippen molar-refractivity contribution in [3.8, 4) is 5.75 Å². The van der Waals surface area contributed by atoms with Crippen LogP contribution in [0.2, 0.25) is 0 Å². The van der Waals surface area contributed by atoms with E-state index >= 15 is 0 Å². The van der Waals surface area contributed by atoms with Crippen LogP contribution in [0.15, 0.2) is 24.3 Å². The minimum atomic E-state index is -0.939. The van der Waals surface area contributed by atoms with E-state index in [0.29, 0.717) is 12.8 Å². The molecule has 102 valence electrons. The standard InChI is InChI=1S/C14H17NO4/c1-9(16)15-12(7-8-13(15)14(17)18)10-3-5-11(19-2)6-4-10/h3-6,12-13H,7-8H2,1-2H3,(H,17,18)/t12-,13-/m0/s1. The first-order valence-corrected chi connectivity index (χ1v) is 6.20. The molecule has 2 rings (SSSR count). The SMILES string of the molecule is COc1ccc([C@@H]2CC[C@@H](C(=O)O)N2C(C)=O)cc1. The second-order valence-corrected chi connectivity index (χ2v) is 4.65. The minimum absolute atomic E-state index is 0.162. The number of aliphatic carboxylic acids is 1. The summed E-state index contributed by atoms with van der Waals surface area (Å²) >= 11 is 0. The van der Waals surface area contributed by atoms with Crippen LogP contribution in [0.25, 0.3) is 0 Å². The highest BCUT2D eigenvalue weighted by Gasteiger charge is 2.40. The lowest BCUT2D eigenvalue weighted by Crippen LogP contribution is -2.40. The molecular weight excluding hydrogens is 246 g/mol. The highest BCUT2D eigenvalue weighted by Crippen LogP contribution is 2.36. The summed E-state index contributed by atoms with van der Waals surface area (Å²) in [5.41, 5.74) is 0.944. The quantitative estimate of drug-likeness (QED) is 0.903. The second-order valence-electron chi connectivity index (χ2n) is 4.65. The van der Waals surface area contributed by atoms with Crippen molar-refractivity contribution >= 4 is 11.9 Å². The van der Waals surface area contributed by atoms with E-state index in [-0.39, 0.29) is 11.9 Å². The predicted octanol–water partition coefficient (Wildman–Crippen LogP) is 1.83. The molecule has 1 N–H and O–H groups in total. The van der Waals surface area contributed by atoms with Crippen LogP contribution >= 0.6 is 0 Å². The zero-order valence-corrected chi connectivity index (χ0v) is 11.0. The number of carboxylic acids is 1. The van der Waals surface area contributed by atoms with Gasteiger partial charge in [-0.3, -0.25) is 4.79 Å². The molecule has 0 spiro atoms. The van der Waals surface area contributed by atoms with Crippen molar-refractivity contribution in [3.05, 3.63) is 29.8 Å². The molecule has 0 saturated carbocycles. The van der Waals surface area contributed by atoms with Crippen LogP contribution in [-0.2, 0) is 9.59 Å². The van der Waals surface area contributed by atoms with Gasteiger partial charge in [-0.15, -0.1) is 0 Å². The van der Waals surface area contributed by atoms with Crippen LogP contribution in [-0.4, -0.2) is 35.0 Å². The number of ether oxygens (including phenoxy) is 1.